The molecular weight excluding hydrogens is 249 g/mol. The normalized spacial score (nSPS) is 11.4. The van der Waals surface area contributed by atoms with Crippen LogP contribution in [0, 0.1) is 5.82 Å². The van der Waals surface area contributed by atoms with Gasteiger partial charge in [-0.25, -0.2) is 9.37 Å². The van der Waals surface area contributed by atoms with Crippen LogP contribution in [0.1, 0.15) is 13.8 Å². The van der Waals surface area contributed by atoms with Crippen molar-refractivity contribution in [2.75, 3.05) is 19.5 Å². The van der Waals surface area contributed by atoms with Crippen molar-refractivity contribution >= 4 is 17.0 Å². The predicted molar refractivity (Wildman–Crippen MR) is 71.7 cm³/mol. The van der Waals surface area contributed by atoms with Gasteiger partial charge >= 0.3 is 0 Å². The number of rotatable bonds is 5. The maximum atomic E-state index is 13.6. The third-order valence-corrected chi connectivity index (χ3v) is 2.82. The van der Waals surface area contributed by atoms with Crippen molar-refractivity contribution < 1.29 is 13.9 Å². The second kappa shape index (κ2) is 5.44. The number of hydrogen-bond acceptors (Lipinski definition) is 4. The van der Waals surface area contributed by atoms with Crippen molar-refractivity contribution in [3.05, 3.63) is 17.9 Å². The molecule has 0 aliphatic carbocycles. The topological polar surface area (TPSA) is 62.3 Å². The van der Waals surface area contributed by atoms with Gasteiger partial charge in [-0.15, -0.1) is 0 Å². The number of methoxy groups -OCH3 is 1. The molecular formula is C13H18FN3O2. The third kappa shape index (κ3) is 2.78. The zero-order valence-corrected chi connectivity index (χ0v) is 11.3. The average molecular weight is 267 g/mol. The van der Waals surface area contributed by atoms with Crippen LogP contribution < -0.4 is 10.5 Å². The van der Waals surface area contributed by atoms with E-state index in [2.05, 4.69) is 4.98 Å². The number of nitrogens with zero attached hydrogens (tertiary/aromatic N) is 2. The minimum atomic E-state index is -0.446. The predicted octanol–water partition coefficient (Wildman–Crippen LogP) is 2.19. The summed E-state index contributed by atoms with van der Waals surface area (Å²) in [5.74, 6) is 0.0755. The molecule has 2 aromatic rings. The molecule has 0 aliphatic rings. The molecule has 1 aromatic carbocycles. The first-order chi connectivity index (χ1) is 9.02. The molecule has 0 spiro atoms. The Labute approximate surface area is 111 Å². The van der Waals surface area contributed by atoms with Crippen molar-refractivity contribution in [1.29, 1.82) is 0 Å². The van der Waals surface area contributed by atoms with Gasteiger partial charge in [0.05, 0.1) is 30.9 Å². The van der Waals surface area contributed by atoms with E-state index >= 15 is 0 Å². The smallest absolute Gasteiger partial charge is 0.201 e. The van der Waals surface area contributed by atoms with Gasteiger partial charge < -0.3 is 19.8 Å². The lowest BCUT2D eigenvalue weighted by Crippen LogP contribution is -2.12. The molecule has 6 heteroatoms. The highest BCUT2D eigenvalue weighted by molar-refractivity contribution is 5.80. The Balaban J connectivity index is 2.34. The van der Waals surface area contributed by atoms with Gasteiger partial charge in [0.25, 0.3) is 0 Å². The highest BCUT2D eigenvalue weighted by atomic mass is 19.1. The van der Waals surface area contributed by atoms with Crippen molar-refractivity contribution in [2.24, 2.45) is 0 Å². The van der Waals surface area contributed by atoms with E-state index in [1.807, 2.05) is 13.8 Å². The summed E-state index contributed by atoms with van der Waals surface area (Å²) in [6, 6.07) is 2.92. The van der Waals surface area contributed by atoms with Crippen LogP contribution in [0.3, 0.4) is 0 Å². The SMILES string of the molecule is COc1cc2c(cc1F)nc(N)n2CCOC(C)C. The van der Waals surface area contributed by atoms with Crippen molar-refractivity contribution in [2.45, 2.75) is 26.5 Å². The summed E-state index contributed by atoms with van der Waals surface area (Å²) in [5, 5.41) is 0. The van der Waals surface area contributed by atoms with Crippen LogP contribution in [-0.4, -0.2) is 29.4 Å². The van der Waals surface area contributed by atoms with Gasteiger partial charge in [0.1, 0.15) is 0 Å². The highest BCUT2D eigenvalue weighted by Crippen LogP contribution is 2.26. The Bertz CT molecular complexity index is 581. The lowest BCUT2D eigenvalue weighted by Gasteiger charge is -2.10. The quantitative estimate of drug-likeness (QED) is 0.902. The molecule has 0 bridgehead atoms. The third-order valence-electron chi connectivity index (χ3n) is 2.82. The highest BCUT2D eigenvalue weighted by Gasteiger charge is 2.13. The van der Waals surface area contributed by atoms with E-state index in [-0.39, 0.29) is 11.9 Å². The zero-order chi connectivity index (χ0) is 14.0. The number of imidazole rings is 1. The Hall–Kier alpha value is -1.82. The fourth-order valence-electron chi connectivity index (χ4n) is 1.92. The molecule has 1 aromatic heterocycles. The van der Waals surface area contributed by atoms with Crippen molar-refractivity contribution in [3.63, 3.8) is 0 Å². The maximum absolute atomic E-state index is 13.6. The number of aromatic nitrogens is 2. The van der Waals surface area contributed by atoms with Crippen LogP contribution in [-0.2, 0) is 11.3 Å². The first kappa shape index (κ1) is 13.6. The van der Waals surface area contributed by atoms with Gasteiger partial charge in [-0.3, -0.25) is 0 Å². The monoisotopic (exact) mass is 267 g/mol. The lowest BCUT2D eigenvalue weighted by atomic mass is 10.3. The molecule has 0 unspecified atom stereocenters. The maximum Gasteiger partial charge on any atom is 0.201 e. The van der Waals surface area contributed by atoms with Gasteiger partial charge in [-0.2, -0.15) is 0 Å². The minimum Gasteiger partial charge on any atom is -0.494 e. The number of nitrogens with two attached hydrogens (primary N) is 1. The molecule has 0 fully saturated rings. The molecule has 104 valence electrons. The van der Waals surface area contributed by atoms with E-state index < -0.39 is 5.82 Å². The van der Waals surface area contributed by atoms with Crippen LogP contribution >= 0.6 is 0 Å². The average Bonchev–Trinajstić information content (AvgIpc) is 2.63. The summed E-state index contributed by atoms with van der Waals surface area (Å²) in [7, 11) is 1.43. The van der Waals surface area contributed by atoms with Gasteiger partial charge in [-0.1, -0.05) is 0 Å². The number of hydrogen-bond donors (Lipinski definition) is 1. The van der Waals surface area contributed by atoms with Crippen LogP contribution in [0.5, 0.6) is 5.75 Å². The summed E-state index contributed by atoms with van der Waals surface area (Å²) in [4.78, 5) is 4.14. The fraction of sp³-hybridized carbons (Fsp3) is 0.462. The number of benzene rings is 1. The number of halogens is 1. The van der Waals surface area contributed by atoms with E-state index in [4.69, 9.17) is 15.2 Å². The lowest BCUT2D eigenvalue weighted by molar-refractivity contribution is 0.0735. The molecule has 0 atom stereocenters. The molecule has 0 amide bonds. The first-order valence-corrected chi connectivity index (χ1v) is 6.13. The minimum absolute atomic E-state index is 0.156. The molecule has 0 radical (unpaired) electrons. The van der Waals surface area contributed by atoms with Gasteiger partial charge in [0.15, 0.2) is 11.6 Å². The van der Waals surface area contributed by atoms with Crippen molar-refractivity contribution in [3.8, 4) is 5.75 Å². The molecule has 2 rings (SSSR count). The van der Waals surface area contributed by atoms with Gasteiger partial charge in [-0.05, 0) is 13.8 Å². The van der Waals surface area contributed by atoms with E-state index in [9.17, 15) is 4.39 Å². The van der Waals surface area contributed by atoms with Crippen LogP contribution in [0.4, 0.5) is 10.3 Å². The molecule has 0 saturated heterocycles. The number of anilines is 1. The summed E-state index contributed by atoms with van der Waals surface area (Å²) in [6.45, 7) is 5.02. The molecule has 1 heterocycles. The second-order valence-electron chi connectivity index (χ2n) is 4.52. The molecule has 5 nitrogen and oxygen atoms in total. The molecule has 2 N–H and O–H groups in total. The zero-order valence-electron chi connectivity index (χ0n) is 11.3. The summed E-state index contributed by atoms with van der Waals surface area (Å²) >= 11 is 0. The summed E-state index contributed by atoms with van der Waals surface area (Å²) in [6.07, 6.45) is 0.156. The summed E-state index contributed by atoms with van der Waals surface area (Å²) in [5.41, 5.74) is 7.10. The second-order valence-corrected chi connectivity index (χ2v) is 4.52. The van der Waals surface area contributed by atoms with E-state index in [0.29, 0.717) is 24.6 Å². The molecule has 0 aliphatic heterocycles. The van der Waals surface area contributed by atoms with E-state index in [1.54, 1.807) is 10.6 Å². The van der Waals surface area contributed by atoms with Crippen LogP contribution in [0.15, 0.2) is 12.1 Å². The number of ether oxygens (including phenoxy) is 2. The largest absolute Gasteiger partial charge is 0.494 e. The van der Waals surface area contributed by atoms with Crippen LogP contribution in [0.2, 0.25) is 0 Å². The Morgan fingerprint density at radius 3 is 2.79 bits per heavy atom. The fourth-order valence-corrected chi connectivity index (χ4v) is 1.92. The van der Waals surface area contributed by atoms with Crippen LogP contribution in [0.25, 0.3) is 11.0 Å². The van der Waals surface area contributed by atoms with E-state index in [1.165, 1.54) is 13.2 Å². The van der Waals surface area contributed by atoms with Gasteiger partial charge in [0.2, 0.25) is 5.95 Å². The van der Waals surface area contributed by atoms with E-state index in [0.717, 1.165) is 5.52 Å². The number of nitrogen functional groups attached to an aromatic ring is 1. The Morgan fingerprint density at radius 2 is 2.16 bits per heavy atom. The number of fused-ring (bicyclic) bond motifs is 1. The molecule has 0 saturated carbocycles. The van der Waals surface area contributed by atoms with Crippen molar-refractivity contribution in [1.82, 2.24) is 9.55 Å². The first-order valence-electron chi connectivity index (χ1n) is 6.13. The summed E-state index contributed by atoms with van der Waals surface area (Å²) < 4.78 is 25.8. The standard InChI is InChI=1S/C13H18FN3O2/c1-8(2)19-5-4-17-11-7-12(18-3)9(14)6-10(11)16-13(17)15/h6-8H,4-5H2,1-3H3,(H2,15,16). The van der Waals surface area contributed by atoms with Gasteiger partial charge in [0, 0.05) is 18.7 Å². The Morgan fingerprint density at radius 1 is 1.42 bits per heavy atom. The molecule has 19 heavy (non-hydrogen) atoms. The Kier molecular flexibility index (Phi) is 3.90.